The third-order valence-electron chi connectivity index (χ3n) is 5.11. The number of nitrogens with zero attached hydrogens (tertiary/aromatic N) is 4. The summed E-state index contributed by atoms with van der Waals surface area (Å²) in [5.74, 6) is -2.27. The first-order valence-electron chi connectivity index (χ1n) is 9.28. The van der Waals surface area contributed by atoms with E-state index in [0.29, 0.717) is 12.5 Å². The number of fused-ring (bicyclic) bond motifs is 1. The van der Waals surface area contributed by atoms with Gasteiger partial charge in [-0.3, -0.25) is 14.4 Å². The summed E-state index contributed by atoms with van der Waals surface area (Å²) in [5, 5.41) is 11.4. The Morgan fingerprint density at radius 1 is 1.43 bits per heavy atom. The second-order valence-corrected chi connectivity index (χ2v) is 7.85. The predicted molar refractivity (Wildman–Crippen MR) is 98.4 cm³/mol. The Morgan fingerprint density at radius 3 is 2.63 bits per heavy atom. The van der Waals surface area contributed by atoms with Crippen LogP contribution in [0.3, 0.4) is 0 Å². The number of aliphatic carboxylic acids is 1. The molecule has 0 spiro atoms. The molecule has 12 heteroatoms. The largest absolute Gasteiger partial charge is 0.490 e. The van der Waals surface area contributed by atoms with E-state index in [4.69, 9.17) is 19.4 Å². The lowest BCUT2D eigenvalue weighted by molar-refractivity contribution is -0.192. The number of carbonyl (C=O) groups excluding carboxylic acids is 1. The summed E-state index contributed by atoms with van der Waals surface area (Å²) in [6.45, 7) is 5.10. The van der Waals surface area contributed by atoms with Crippen LogP contribution in [0, 0.1) is 11.3 Å². The summed E-state index contributed by atoms with van der Waals surface area (Å²) in [4.78, 5) is 24.6. The van der Waals surface area contributed by atoms with Crippen molar-refractivity contribution in [1.29, 1.82) is 0 Å². The Kier molecular flexibility index (Phi) is 7.83. The Morgan fingerprint density at radius 2 is 2.10 bits per heavy atom. The van der Waals surface area contributed by atoms with Gasteiger partial charge < -0.3 is 19.5 Å². The standard InChI is InChI=1S/C16H26N4O3.C2HF3O2/c1-18(2)15(21)9-23-12-16-10-20(7-14(16)8-22-11-16)6-13-4-17-19(3)5-13;3-2(4,5)1(6)7/h4-5,14H,6-12H2,1-3H3;(H,6,7)/t14-,16+;/m1./s1. The van der Waals surface area contributed by atoms with E-state index in [0.717, 1.165) is 32.8 Å². The van der Waals surface area contributed by atoms with Gasteiger partial charge in [0.1, 0.15) is 6.61 Å². The van der Waals surface area contributed by atoms with E-state index in [1.165, 1.54) is 5.56 Å². The highest BCUT2D eigenvalue weighted by atomic mass is 19.4. The maximum absolute atomic E-state index is 11.7. The molecule has 3 rings (SSSR count). The monoisotopic (exact) mass is 436 g/mol. The molecule has 2 aliphatic heterocycles. The Bertz CT molecular complexity index is 740. The van der Waals surface area contributed by atoms with Gasteiger partial charge in [-0.15, -0.1) is 0 Å². The maximum Gasteiger partial charge on any atom is 0.490 e. The van der Waals surface area contributed by atoms with Crippen molar-refractivity contribution in [2.24, 2.45) is 18.4 Å². The molecule has 2 fully saturated rings. The molecule has 1 N–H and O–H groups in total. The van der Waals surface area contributed by atoms with E-state index in [-0.39, 0.29) is 17.9 Å². The zero-order valence-corrected chi connectivity index (χ0v) is 17.2. The van der Waals surface area contributed by atoms with Crippen LogP contribution in [0.15, 0.2) is 12.4 Å². The first kappa shape index (κ1) is 24.1. The fourth-order valence-corrected chi connectivity index (χ4v) is 3.55. The van der Waals surface area contributed by atoms with Crippen molar-refractivity contribution in [3.05, 3.63) is 18.0 Å². The smallest absolute Gasteiger partial charge is 0.475 e. The molecule has 0 radical (unpaired) electrons. The number of aryl methyl sites for hydroxylation is 1. The highest BCUT2D eigenvalue weighted by Gasteiger charge is 2.50. The Labute approximate surface area is 172 Å². The molecule has 2 aliphatic rings. The number of hydrogen-bond donors (Lipinski definition) is 1. The van der Waals surface area contributed by atoms with E-state index >= 15 is 0 Å². The molecular weight excluding hydrogens is 409 g/mol. The van der Waals surface area contributed by atoms with Crippen molar-refractivity contribution < 1.29 is 37.3 Å². The second kappa shape index (κ2) is 9.75. The fraction of sp³-hybridized carbons (Fsp3) is 0.722. The van der Waals surface area contributed by atoms with Crippen LogP contribution in [0.4, 0.5) is 13.2 Å². The van der Waals surface area contributed by atoms with Gasteiger partial charge in [0.25, 0.3) is 0 Å². The molecular formula is C18H27F3N4O5. The van der Waals surface area contributed by atoms with Crippen LogP contribution in [0.2, 0.25) is 0 Å². The topological polar surface area (TPSA) is 97.1 Å². The molecule has 2 atom stereocenters. The van der Waals surface area contributed by atoms with Crippen LogP contribution in [0.1, 0.15) is 5.56 Å². The molecule has 0 saturated carbocycles. The molecule has 1 amide bonds. The molecule has 0 aliphatic carbocycles. The normalized spacial score (nSPS) is 23.6. The molecule has 0 bridgehead atoms. The molecule has 0 aromatic carbocycles. The highest BCUT2D eigenvalue weighted by Crippen LogP contribution is 2.42. The molecule has 1 aromatic heterocycles. The lowest BCUT2D eigenvalue weighted by Gasteiger charge is -2.27. The number of carboxylic acids is 1. The number of carboxylic acid groups (broad SMARTS) is 1. The van der Waals surface area contributed by atoms with Gasteiger partial charge in [-0.1, -0.05) is 0 Å². The molecule has 2 saturated heterocycles. The number of hydrogen-bond acceptors (Lipinski definition) is 6. The van der Waals surface area contributed by atoms with E-state index in [1.807, 2.05) is 17.9 Å². The molecule has 0 unspecified atom stereocenters. The van der Waals surface area contributed by atoms with Crippen molar-refractivity contribution in [3.63, 3.8) is 0 Å². The van der Waals surface area contributed by atoms with Gasteiger partial charge in [-0.2, -0.15) is 18.3 Å². The van der Waals surface area contributed by atoms with Crippen LogP contribution in [0.25, 0.3) is 0 Å². The number of alkyl halides is 3. The number of likely N-dealkylation sites (tertiary alicyclic amines) is 1. The first-order valence-corrected chi connectivity index (χ1v) is 9.28. The predicted octanol–water partition coefficient (Wildman–Crippen LogP) is 0.607. The quantitative estimate of drug-likeness (QED) is 0.698. The molecule has 1 aromatic rings. The van der Waals surface area contributed by atoms with Crippen molar-refractivity contribution >= 4 is 11.9 Å². The first-order chi connectivity index (χ1) is 13.9. The molecule has 30 heavy (non-hydrogen) atoms. The van der Waals surface area contributed by atoms with Crippen molar-refractivity contribution in [1.82, 2.24) is 19.6 Å². The van der Waals surface area contributed by atoms with E-state index in [1.54, 1.807) is 19.0 Å². The van der Waals surface area contributed by atoms with Crippen LogP contribution < -0.4 is 0 Å². The maximum atomic E-state index is 11.7. The second-order valence-electron chi connectivity index (χ2n) is 7.85. The van der Waals surface area contributed by atoms with Crippen LogP contribution in [-0.2, 0) is 32.7 Å². The van der Waals surface area contributed by atoms with E-state index < -0.39 is 12.1 Å². The summed E-state index contributed by atoms with van der Waals surface area (Å²) in [5.41, 5.74) is 1.25. The average molecular weight is 436 g/mol. The Balaban J connectivity index is 0.000000396. The van der Waals surface area contributed by atoms with Crippen LogP contribution in [-0.4, -0.2) is 96.4 Å². The number of amides is 1. The number of likely N-dealkylation sites (N-methyl/N-ethyl adjacent to an activating group) is 1. The summed E-state index contributed by atoms with van der Waals surface area (Å²) in [6.07, 6.45) is -1.10. The third kappa shape index (κ3) is 6.41. The minimum absolute atomic E-state index is 0.00192. The van der Waals surface area contributed by atoms with Crippen molar-refractivity contribution in [3.8, 4) is 0 Å². The minimum atomic E-state index is -5.08. The van der Waals surface area contributed by atoms with Gasteiger partial charge in [0.05, 0.1) is 26.0 Å². The minimum Gasteiger partial charge on any atom is -0.475 e. The van der Waals surface area contributed by atoms with Crippen LogP contribution >= 0.6 is 0 Å². The van der Waals surface area contributed by atoms with Crippen molar-refractivity contribution in [2.45, 2.75) is 12.7 Å². The van der Waals surface area contributed by atoms with Gasteiger partial charge >= 0.3 is 12.1 Å². The van der Waals surface area contributed by atoms with Gasteiger partial charge in [-0.25, -0.2) is 4.79 Å². The number of carbonyl (C=O) groups is 2. The lowest BCUT2D eigenvalue weighted by Crippen LogP contribution is -2.37. The van der Waals surface area contributed by atoms with Gasteiger partial charge in [0.2, 0.25) is 5.91 Å². The molecule has 170 valence electrons. The zero-order valence-electron chi connectivity index (χ0n) is 17.2. The summed E-state index contributed by atoms with van der Waals surface area (Å²) < 4.78 is 45.0. The fourth-order valence-electron chi connectivity index (χ4n) is 3.55. The van der Waals surface area contributed by atoms with E-state index in [2.05, 4.69) is 16.2 Å². The van der Waals surface area contributed by atoms with E-state index in [9.17, 15) is 18.0 Å². The average Bonchev–Trinajstić information content (AvgIpc) is 3.29. The number of halogens is 3. The highest BCUT2D eigenvalue weighted by molar-refractivity contribution is 5.76. The van der Waals surface area contributed by atoms with Gasteiger partial charge in [-0.05, 0) is 0 Å². The zero-order chi connectivity index (χ0) is 22.5. The van der Waals surface area contributed by atoms with Crippen LogP contribution in [0.5, 0.6) is 0 Å². The SMILES string of the molecule is CN(C)C(=O)COC[C@]12COC[C@H]1CN(Cc1cnn(C)c1)C2.O=C(O)C(F)(F)F. The Hall–Kier alpha value is -2.18. The molecule has 3 heterocycles. The lowest BCUT2D eigenvalue weighted by atomic mass is 9.82. The number of ether oxygens (including phenoxy) is 2. The number of aromatic nitrogens is 2. The molecule has 9 nitrogen and oxygen atoms in total. The third-order valence-corrected chi connectivity index (χ3v) is 5.11. The van der Waals surface area contributed by atoms with Gasteiger partial charge in [0.15, 0.2) is 0 Å². The van der Waals surface area contributed by atoms with Crippen molar-refractivity contribution in [2.75, 3.05) is 53.6 Å². The summed E-state index contributed by atoms with van der Waals surface area (Å²) in [7, 11) is 5.43. The number of rotatable bonds is 6. The summed E-state index contributed by atoms with van der Waals surface area (Å²) >= 11 is 0. The summed E-state index contributed by atoms with van der Waals surface area (Å²) in [6, 6.07) is 0. The van der Waals surface area contributed by atoms with Gasteiger partial charge in [0, 0.05) is 63.9 Å².